The number of rotatable bonds is 7. The molecule has 2 amide bonds. The van der Waals surface area contributed by atoms with E-state index in [-0.39, 0.29) is 18.5 Å². The number of fused-ring (bicyclic) bond motifs is 1. The third-order valence-electron chi connectivity index (χ3n) is 5.53. The van der Waals surface area contributed by atoms with Crippen molar-refractivity contribution < 1.29 is 14.9 Å². The van der Waals surface area contributed by atoms with Gasteiger partial charge in [-0.2, -0.15) is 0 Å². The van der Waals surface area contributed by atoms with Gasteiger partial charge in [0.15, 0.2) is 6.54 Å². The summed E-state index contributed by atoms with van der Waals surface area (Å²) in [5.74, 6) is -0.590. The van der Waals surface area contributed by atoms with Gasteiger partial charge >= 0.3 is 0 Å². The number of carbonyl (C=O) groups is 2. The number of carbonyl (C=O) groups excluding carboxylic acids is 2. The van der Waals surface area contributed by atoms with E-state index in [0.29, 0.717) is 10.6 Å². The Kier molecular flexibility index (Phi) is 6.26. The molecule has 0 unspecified atom stereocenters. The van der Waals surface area contributed by atoms with E-state index < -0.39 is 5.91 Å². The molecule has 0 atom stereocenters. The molecule has 0 radical (unpaired) electrons. The molecular formula is C24H26N3O2S+. The Morgan fingerprint density at radius 3 is 2.17 bits per heavy atom. The Balaban J connectivity index is 1.50. The lowest BCUT2D eigenvalue weighted by Crippen LogP contribution is -2.87. The third-order valence-corrected chi connectivity index (χ3v) is 6.73. The Labute approximate surface area is 180 Å². The fraction of sp³-hybridized carbons (Fsp3) is 0.250. The monoisotopic (exact) mass is 420 g/mol. The summed E-state index contributed by atoms with van der Waals surface area (Å²) < 4.78 is 0. The van der Waals surface area contributed by atoms with Crippen molar-refractivity contribution in [3.8, 4) is 0 Å². The van der Waals surface area contributed by atoms with Gasteiger partial charge in [0.05, 0.1) is 5.56 Å². The van der Waals surface area contributed by atoms with Gasteiger partial charge in [0, 0.05) is 16.0 Å². The lowest BCUT2D eigenvalue weighted by Gasteiger charge is -2.16. The molecule has 4 rings (SSSR count). The predicted octanol–water partition coefficient (Wildman–Crippen LogP) is 3.02. The Hall–Kier alpha value is -2.96. The fourth-order valence-electron chi connectivity index (χ4n) is 4.10. The summed E-state index contributed by atoms with van der Waals surface area (Å²) in [5, 5.41) is 5.58. The van der Waals surface area contributed by atoms with Crippen molar-refractivity contribution in [2.45, 2.75) is 31.7 Å². The highest BCUT2D eigenvalue weighted by Crippen LogP contribution is 2.37. The van der Waals surface area contributed by atoms with Gasteiger partial charge in [-0.15, -0.1) is 11.3 Å². The molecule has 0 bridgehead atoms. The van der Waals surface area contributed by atoms with Gasteiger partial charge in [0.2, 0.25) is 0 Å². The normalized spacial score (nSPS) is 13.1. The maximum Gasteiger partial charge on any atom is 0.280 e. The number of primary amides is 1. The van der Waals surface area contributed by atoms with Crippen molar-refractivity contribution >= 4 is 28.2 Å². The zero-order valence-corrected chi connectivity index (χ0v) is 17.6. The molecule has 154 valence electrons. The predicted molar refractivity (Wildman–Crippen MR) is 120 cm³/mol. The topological polar surface area (TPSA) is 88.8 Å². The molecule has 1 heterocycles. The third kappa shape index (κ3) is 4.45. The van der Waals surface area contributed by atoms with E-state index in [1.807, 2.05) is 41.7 Å². The number of anilines is 1. The maximum atomic E-state index is 12.8. The van der Waals surface area contributed by atoms with Crippen molar-refractivity contribution in [2.75, 3.05) is 11.9 Å². The number of amides is 2. The minimum Gasteiger partial charge on any atom is -0.365 e. The highest BCUT2D eigenvalue weighted by atomic mass is 32.1. The van der Waals surface area contributed by atoms with Gasteiger partial charge in [-0.25, -0.2) is 0 Å². The van der Waals surface area contributed by atoms with E-state index in [2.05, 4.69) is 29.6 Å². The number of nitrogens with one attached hydrogen (secondary N) is 1. The van der Waals surface area contributed by atoms with Crippen LogP contribution < -0.4 is 16.4 Å². The Morgan fingerprint density at radius 1 is 0.967 bits per heavy atom. The van der Waals surface area contributed by atoms with Gasteiger partial charge < -0.3 is 16.4 Å². The van der Waals surface area contributed by atoms with E-state index in [4.69, 9.17) is 5.73 Å². The van der Waals surface area contributed by atoms with Crippen molar-refractivity contribution in [3.63, 3.8) is 0 Å². The van der Waals surface area contributed by atoms with Crippen molar-refractivity contribution in [3.05, 3.63) is 87.8 Å². The number of aryl methyl sites for hydroxylation is 1. The zero-order chi connectivity index (χ0) is 20.9. The van der Waals surface area contributed by atoms with E-state index in [1.165, 1.54) is 16.2 Å². The van der Waals surface area contributed by atoms with Crippen LogP contribution in [-0.2, 0) is 17.6 Å². The number of thiophene rings is 1. The molecule has 1 aliphatic rings. The smallest absolute Gasteiger partial charge is 0.280 e. The van der Waals surface area contributed by atoms with Crippen molar-refractivity contribution in [1.82, 2.24) is 0 Å². The van der Waals surface area contributed by atoms with Crippen molar-refractivity contribution in [2.24, 2.45) is 5.73 Å². The molecule has 0 saturated heterocycles. The van der Waals surface area contributed by atoms with Gasteiger partial charge in [-0.3, -0.25) is 9.59 Å². The van der Waals surface area contributed by atoms with Crippen LogP contribution in [0.5, 0.6) is 0 Å². The van der Waals surface area contributed by atoms with Crippen LogP contribution in [0, 0.1) is 0 Å². The lowest BCUT2D eigenvalue weighted by atomic mass is 9.95. The standard InChI is InChI=1S/C24H25N3O2S/c25-23(29)21-18-13-7-8-14-19(18)30-24(21)27-20(28)15-26-22(16-9-3-1-4-10-16)17-11-5-2-6-12-17/h1-6,9-12,22,26H,7-8,13-15H2,(H2,25,29)(H,27,28)/p+1. The second-order valence-electron chi connectivity index (χ2n) is 7.57. The molecule has 1 aliphatic carbocycles. The summed E-state index contributed by atoms with van der Waals surface area (Å²) in [6, 6.07) is 20.3. The van der Waals surface area contributed by atoms with E-state index in [9.17, 15) is 9.59 Å². The van der Waals surface area contributed by atoms with E-state index in [0.717, 1.165) is 42.4 Å². The summed E-state index contributed by atoms with van der Waals surface area (Å²) in [7, 11) is 0. The van der Waals surface area contributed by atoms with Crippen LogP contribution in [0.4, 0.5) is 5.00 Å². The molecule has 1 aromatic heterocycles. The van der Waals surface area contributed by atoms with Crippen LogP contribution in [0.25, 0.3) is 0 Å². The number of nitrogens with two attached hydrogens (primary N) is 2. The molecular weight excluding hydrogens is 394 g/mol. The highest BCUT2D eigenvalue weighted by molar-refractivity contribution is 7.17. The second-order valence-corrected chi connectivity index (χ2v) is 8.67. The summed E-state index contributed by atoms with van der Waals surface area (Å²) in [6.45, 7) is 0.245. The largest absolute Gasteiger partial charge is 0.365 e. The van der Waals surface area contributed by atoms with Crippen LogP contribution >= 0.6 is 11.3 Å². The number of hydrogen-bond acceptors (Lipinski definition) is 3. The quantitative estimate of drug-likeness (QED) is 0.549. The van der Waals surface area contributed by atoms with Gasteiger partial charge in [-0.05, 0) is 31.2 Å². The summed E-state index contributed by atoms with van der Waals surface area (Å²) >= 11 is 1.50. The maximum absolute atomic E-state index is 12.8. The Bertz CT molecular complexity index is 992. The first kappa shape index (κ1) is 20.3. The van der Waals surface area contributed by atoms with Crippen LogP contribution in [-0.4, -0.2) is 18.4 Å². The molecule has 0 fully saturated rings. The minimum atomic E-state index is -0.458. The minimum absolute atomic E-state index is 0.0188. The molecule has 5 nitrogen and oxygen atoms in total. The molecule has 3 aromatic rings. The molecule has 0 saturated carbocycles. The van der Waals surface area contributed by atoms with Gasteiger partial charge in [0.1, 0.15) is 11.0 Å². The zero-order valence-electron chi connectivity index (χ0n) is 16.8. The first-order valence-electron chi connectivity index (χ1n) is 10.3. The molecule has 30 heavy (non-hydrogen) atoms. The second kappa shape index (κ2) is 9.24. The molecule has 5 N–H and O–H groups in total. The number of quaternary nitrogens is 1. The van der Waals surface area contributed by atoms with Crippen LogP contribution in [0.2, 0.25) is 0 Å². The highest BCUT2D eigenvalue weighted by Gasteiger charge is 2.26. The van der Waals surface area contributed by atoms with E-state index >= 15 is 0 Å². The molecule has 6 heteroatoms. The molecule has 0 aliphatic heterocycles. The lowest BCUT2D eigenvalue weighted by molar-refractivity contribution is -0.676. The van der Waals surface area contributed by atoms with Crippen LogP contribution in [0.15, 0.2) is 60.7 Å². The van der Waals surface area contributed by atoms with Gasteiger partial charge in [0.25, 0.3) is 11.8 Å². The van der Waals surface area contributed by atoms with Crippen LogP contribution in [0.1, 0.15) is 50.8 Å². The number of hydrogen-bond donors (Lipinski definition) is 3. The average Bonchev–Trinajstić information content (AvgIpc) is 3.13. The molecule has 2 aromatic carbocycles. The summed E-state index contributed by atoms with van der Waals surface area (Å²) in [4.78, 5) is 26.0. The first-order valence-corrected chi connectivity index (χ1v) is 11.1. The first-order chi connectivity index (χ1) is 14.6. The van der Waals surface area contributed by atoms with Crippen molar-refractivity contribution in [1.29, 1.82) is 0 Å². The van der Waals surface area contributed by atoms with Crippen LogP contribution in [0.3, 0.4) is 0 Å². The van der Waals surface area contributed by atoms with E-state index in [1.54, 1.807) is 0 Å². The molecule has 0 spiro atoms. The summed E-state index contributed by atoms with van der Waals surface area (Å²) in [6.07, 6.45) is 3.98. The number of benzene rings is 2. The van der Waals surface area contributed by atoms with Gasteiger partial charge in [-0.1, -0.05) is 60.7 Å². The summed E-state index contributed by atoms with van der Waals surface area (Å²) in [5.41, 5.74) is 9.46. The fourth-order valence-corrected chi connectivity index (χ4v) is 5.41. The average molecular weight is 421 g/mol. The SMILES string of the molecule is NC(=O)c1c(NC(=O)C[NH2+]C(c2ccccc2)c2ccccc2)sc2c1CCCC2. The Morgan fingerprint density at radius 2 is 1.57 bits per heavy atom.